The molecule has 4 nitrogen and oxygen atoms in total. The van der Waals surface area contributed by atoms with Gasteiger partial charge in [0.25, 0.3) is 0 Å². The summed E-state index contributed by atoms with van der Waals surface area (Å²) in [5.74, 6) is -5.89. The molecule has 0 aromatic carbocycles. The second kappa shape index (κ2) is 5.09. The lowest BCUT2D eigenvalue weighted by Gasteiger charge is -2.19. The first-order valence-corrected chi connectivity index (χ1v) is 5.02. The number of anilines is 1. The topological polar surface area (TPSA) is 46.9 Å². The van der Waals surface area contributed by atoms with Gasteiger partial charge in [-0.15, -0.1) is 11.6 Å². The quantitative estimate of drug-likeness (QED) is 0.683. The van der Waals surface area contributed by atoms with Crippen molar-refractivity contribution in [1.82, 2.24) is 9.78 Å². The molecule has 0 unspecified atom stereocenters. The molecule has 1 amide bonds. The van der Waals surface area contributed by atoms with Gasteiger partial charge in [-0.3, -0.25) is 9.48 Å². The second-order valence-corrected chi connectivity index (χ2v) is 3.58. The third-order valence-corrected chi connectivity index (χ3v) is 2.06. The van der Waals surface area contributed by atoms with Crippen LogP contribution in [-0.2, 0) is 11.3 Å². The van der Waals surface area contributed by atoms with E-state index in [2.05, 4.69) is 10.4 Å². The van der Waals surface area contributed by atoms with Crippen LogP contribution in [0.25, 0.3) is 0 Å². The number of alkyl halides is 6. The smallest absolute Gasteiger partial charge is 0.322 e. The summed E-state index contributed by atoms with van der Waals surface area (Å²) in [5.41, 5.74) is -0.0152. The fourth-order valence-electron chi connectivity index (χ4n) is 1.00. The van der Waals surface area contributed by atoms with E-state index in [1.165, 1.54) is 0 Å². The van der Waals surface area contributed by atoms with E-state index in [1.807, 2.05) is 0 Å². The number of amides is 1. The van der Waals surface area contributed by atoms with E-state index in [1.54, 1.807) is 0 Å². The molecule has 0 aliphatic rings. The average Bonchev–Trinajstić information content (AvgIpc) is 2.62. The highest BCUT2D eigenvalue weighted by molar-refractivity contribution is 6.29. The van der Waals surface area contributed by atoms with Crippen molar-refractivity contribution in [2.45, 2.75) is 18.6 Å². The molecule has 10 heteroatoms. The minimum absolute atomic E-state index is 0.0152. The number of nitrogens with one attached hydrogen (secondary N) is 1. The molecular formula is C8H7ClF5N3O. The van der Waals surface area contributed by atoms with Crippen molar-refractivity contribution in [3.8, 4) is 0 Å². The van der Waals surface area contributed by atoms with Crippen molar-refractivity contribution in [1.29, 1.82) is 0 Å². The molecule has 0 spiro atoms. The van der Waals surface area contributed by atoms with E-state index in [0.29, 0.717) is 4.68 Å². The number of rotatable bonds is 4. The second-order valence-electron chi connectivity index (χ2n) is 3.31. The Morgan fingerprint density at radius 3 is 2.50 bits per heavy atom. The van der Waals surface area contributed by atoms with Crippen LogP contribution < -0.4 is 5.32 Å². The Morgan fingerprint density at radius 1 is 1.39 bits per heavy atom. The molecule has 0 bridgehead atoms. The molecule has 0 saturated heterocycles. The normalized spacial score (nSPS) is 12.6. The highest BCUT2D eigenvalue weighted by atomic mass is 35.5. The van der Waals surface area contributed by atoms with Gasteiger partial charge in [-0.05, 0) is 0 Å². The van der Waals surface area contributed by atoms with Gasteiger partial charge in [-0.2, -0.15) is 27.1 Å². The van der Waals surface area contributed by atoms with Gasteiger partial charge < -0.3 is 5.32 Å². The third-order valence-electron chi connectivity index (χ3n) is 1.81. The average molecular weight is 292 g/mol. The van der Waals surface area contributed by atoms with Crippen LogP contribution in [0.1, 0.15) is 0 Å². The summed E-state index contributed by atoms with van der Waals surface area (Å²) in [6.07, 6.45) is -3.86. The molecule has 1 rings (SSSR count). The van der Waals surface area contributed by atoms with Crippen LogP contribution in [0, 0.1) is 0 Å². The molecule has 0 fully saturated rings. The fraction of sp³-hybridized carbons (Fsp3) is 0.500. The van der Waals surface area contributed by atoms with Crippen molar-refractivity contribution in [2.24, 2.45) is 0 Å². The predicted octanol–water partition coefficient (Wildman–Crippen LogP) is 2.26. The first-order chi connectivity index (χ1) is 8.15. The van der Waals surface area contributed by atoms with Crippen molar-refractivity contribution >= 4 is 23.2 Å². The number of halogens is 6. The number of aromatic nitrogens is 2. The molecule has 102 valence electrons. The maximum absolute atomic E-state index is 12.7. The van der Waals surface area contributed by atoms with Gasteiger partial charge in [0.15, 0.2) is 0 Å². The molecule has 18 heavy (non-hydrogen) atoms. The summed E-state index contributed by atoms with van der Waals surface area (Å²) < 4.78 is 61.4. The van der Waals surface area contributed by atoms with Gasteiger partial charge in [-0.25, -0.2) is 0 Å². The summed E-state index contributed by atoms with van der Waals surface area (Å²) in [5, 5.41) is 5.44. The maximum atomic E-state index is 12.7. The van der Waals surface area contributed by atoms with Crippen LogP contribution >= 0.6 is 11.6 Å². The highest BCUT2D eigenvalue weighted by Crippen LogP contribution is 2.36. The van der Waals surface area contributed by atoms with Crippen molar-refractivity contribution in [3.05, 3.63) is 12.4 Å². The Hall–Kier alpha value is -1.38. The minimum atomic E-state index is -5.65. The monoisotopic (exact) mass is 291 g/mol. The number of carbonyl (C=O) groups is 1. The zero-order chi connectivity index (χ0) is 14.0. The molecule has 0 radical (unpaired) electrons. The lowest BCUT2D eigenvalue weighted by atomic mass is 10.3. The van der Waals surface area contributed by atoms with Gasteiger partial charge >= 0.3 is 12.1 Å². The summed E-state index contributed by atoms with van der Waals surface area (Å²) in [7, 11) is 0. The molecule has 1 aromatic heterocycles. The van der Waals surface area contributed by atoms with Crippen molar-refractivity contribution in [3.63, 3.8) is 0 Å². The molecule has 0 aliphatic carbocycles. The lowest BCUT2D eigenvalue weighted by molar-refractivity contribution is -0.287. The van der Waals surface area contributed by atoms with Crippen molar-refractivity contribution in [2.75, 3.05) is 11.2 Å². The zero-order valence-electron chi connectivity index (χ0n) is 8.64. The minimum Gasteiger partial charge on any atom is -0.322 e. The Morgan fingerprint density at radius 2 is 2.00 bits per heavy atom. The van der Waals surface area contributed by atoms with Crippen LogP contribution in [0.15, 0.2) is 12.4 Å². The highest BCUT2D eigenvalue weighted by Gasteiger charge is 2.57. The van der Waals surface area contributed by atoms with Crippen LogP contribution in [0.2, 0.25) is 0 Å². The molecule has 1 aromatic rings. The summed E-state index contributed by atoms with van der Waals surface area (Å²) >= 11 is 5.17. The van der Waals surface area contributed by atoms with Gasteiger partial charge in [0.05, 0.1) is 11.9 Å². The first kappa shape index (κ1) is 14.7. The third kappa shape index (κ3) is 3.56. The van der Waals surface area contributed by atoms with E-state index in [4.69, 9.17) is 11.6 Å². The van der Waals surface area contributed by atoms with Crippen LogP contribution in [-0.4, -0.2) is 33.7 Å². The number of hydrogen-bond donors (Lipinski definition) is 1. The van der Waals surface area contributed by atoms with E-state index in [0.717, 1.165) is 12.4 Å². The summed E-state index contributed by atoms with van der Waals surface area (Å²) in [6.45, 7) is -1.66. The zero-order valence-corrected chi connectivity index (χ0v) is 9.40. The van der Waals surface area contributed by atoms with Gasteiger partial charge in [0.2, 0.25) is 5.91 Å². The van der Waals surface area contributed by atoms with E-state index in [-0.39, 0.29) is 11.6 Å². The maximum Gasteiger partial charge on any atom is 0.455 e. The van der Waals surface area contributed by atoms with Crippen LogP contribution in [0.5, 0.6) is 0 Å². The van der Waals surface area contributed by atoms with E-state index >= 15 is 0 Å². The van der Waals surface area contributed by atoms with Crippen LogP contribution in [0.3, 0.4) is 0 Å². The Balaban J connectivity index is 2.73. The molecule has 0 atom stereocenters. The Bertz CT molecular complexity index is 431. The summed E-state index contributed by atoms with van der Waals surface area (Å²) in [4.78, 5) is 10.8. The predicted molar refractivity (Wildman–Crippen MR) is 52.6 cm³/mol. The molecule has 1 N–H and O–H groups in total. The standard InChI is InChI=1S/C8H7ClF5N3O/c9-1-6(18)16-5-2-15-17(3-5)4-7(10,11)8(12,13)14/h2-3H,1,4H2,(H,16,18). The SMILES string of the molecule is O=C(CCl)Nc1cnn(CC(F)(F)C(F)(F)F)c1. The van der Waals surface area contributed by atoms with Gasteiger partial charge in [0, 0.05) is 6.20 Å². The van der Waals surface area contributed by atoms with Gasteiger partial charge in [0.1, 0.15) is 12.4 Å². The van der Waals surface area contributed by atoms with E-state index in [9.17, 15) is 26.7 Å². The largest absolute Gasteiger partial charge is 0.455 e. The molecule has 1 heterocycles. The number of nitrogens with zero attached hydrogens (tertiary/aromatic N) is 2. The number of carbonyl (C=O) groups excluding carboxylic acids is 1. The van der Waals surface area contributed by atoms with Gasteiger partial charge in [-0.1, -0.05) is 0 Å². The molecule has 0 aliphatic heterocycles. The van der Waals surface area contributed by atoms with Crippen molar-refractivity contribution < 1.29 is 26.7 Å². The first-order valence-electron chi connectivity index (χ1n) is 4.48. The van der Waals surface area contributed by atoms with E-state index < -0.39 is 24.6 Å². The molecule has 0 saturated carbocycles. The van der Waals surface area contributed by atoms with Crippen LogP contribution in [0.4, 0.5) is 27.6 Å². The molecular weight excluding hydrogens is 285 g/mol. The lowest BCUT2D eigenvalue weighted by Crippen LogP contribution is -2.40. The number of hydrogen-bond acceptors (Lipinski definition) is 2. The fourth-order valence-corrected chi connectivity index (χ4v) is 1.07. The Kier molecular flexibility index (Phi) is 4.15. The Labute approximate surface area is 103 Å². The summed E-state index contributed by atoms with van der Waals surface area (Å²) in [6, 6.07) is 0.